The molecule has 1 aromatic carbocycles. The number of ether oxygens (including phenoxy) is 1. The first-order chi connectivity index (χ1) is 12.2. The van der Waals surface area contributed by atoms with Crippen molar-refractivity contribution < 1.29 is 9.53 Å². The summed E-state index contributed by atoms with van der Waals surface area (Å²) in [4.78, 5) is 15.8. The molecule has 2 atom stereocenters. The number of hydrogen-bond donors (Lipinski definition) is 3. The molecular weight excluding hydrogens is 350 g/mol. The van der Waals surface area contributed by atoms with Crippen molar-refractivity contribution in [3.05, 3.63) is 58.9 Å². The highest BCUT2D eigenvalue weighted by Crippen LogP contribution is 2.51. The fraction of sp³-hybridized carbons (Fsp3) is 0.450. The quantitative estimate of drug-likeness (QED) is 0.772. The van der Waals surface area contributed by atoms with Crippen molar-refractivity contribution in [2.45, 2.75) is 37.3 Å². The second-order valence-electron chi connectivity index (χ2n) is 7.19. The molecule has 1 spiro atoms. The third-order valence-corrected chi connectivity index (χ3v) is 5.79. The van der Waals surface area contributed by atoms with Crippen LogP contribution in [-0.4, -0.2) is 37.2 Å². The predicted molar refractivity (Wildman–Crippen MR) is 104 cm³/mol. The van der Waals surface area contributed by atoms with E-state index >= 15 is 0 Å². The van der Waals surface area contributed by atoms with E-state index in [1.54, 1.807) is 7.11 Å². The van der Waals surface area contributed by atoms with Gasteiger partial charge < -0.3 is 20.4 Å². The molecule has 1 fully saturated rings. The minimum atomic E-state index is -0.129. The van der Waals surface area contributed by atoms with Gasteiger partial charge in [0.1, 0.15) is 5.69 Å². The Hall–Kier alpha value is -1.82. The second-order valence-corrected chi connectivity index (χ2v) is 7.19. The standard InChI is InChI=1S/C20H25N3O2.ClH/c1-13-11-16(22-12-13)19(24)23-17-14-5-3-4-6-15(14)20(18(17)25-2)7-9-21-10-8-20;/h3-6,11-12,17-18,21-22H,7-10H2,1-2H3,(H,23,24);1H/t17-,18+;/m1./s1. The lowest BCUT2D eigenvalue weighted by Crippen LogP contribution is -2.49. The van der Waals surface area contributed by atoms with Gasteiger partial charge in [0.25, 0.3) is 5.91 Å². The Kier molecular flexibility index (Phi) is 5.42. The van der Waals surface area contributed by atoms with Crippen molar-refractivity contribution in [2.24, 2.45) is 0 Å². The van der Waals surface area contributed by atoms with E-state index in [1.165, 1.54) is 11.1 Å². The van der Waals surface area contributed by atoms with Gasteiger partial charge in [-0.05, 0) is 55.6 Å². The second kappa shape index (κ2) is 7.43. The van der Waals surface area contributed by atoms with Crippen molar-refractivity contribution in [1.82, 2.24) is 15.6 Å². The summed E-state index contributed by atoms with van der Waals surface area (Å²) >= 11 is 0. The molecule has 0 unspecified atom stereocenters. The third kappa shape index (κ3) is 2.94. The smallest absolute Gasteiger partial charge is 0.268 e. The Labute approximate surface area is 160 Å². The minimum Gasteiger partial charge on any atom is -0.378 e. The van der Waals surface area contributed by atoms with Crippen LogP contribution in [0.1, 0.15) is 46.1 Å². The number of amides is 1. The van der Waals surface area contributed by atoms with Crippen molar-refractivity contribution in [1.29, 1.82) is 0 Å². The van der Waals surface area contributed by atoms with E-state index in [0.29, 0.717) is 5.69 Å². The summed E-state index contributed by atoms with van der Waals surface area (Å²) in [6.07, 6.45) is 3.85. The summed E-state index contributed by atoms with van der Waals surface area (Å²) in [6, 6.07) is 10.2. The number of aromatic nitrogens is 1. The monoisotopic (exact) mass is 375 g/mol. The summed E-state index contributed by atoms with van der Waals surface area (Å²) in [5, 5.41) is 6.67. The molecular formula is C20H26ClN3O2. The van der Waals surface area contributed by atoms with Gasteiger partial charge in [0.15, 0.2) is 0 Å². The maximum atomic E-state index is 12.7. The van der Waals surface area contributed by atoms with Crippen LogP contribution in [0.4, 0.5) is 0 Å². The number of halogens is 1. The highest BCUT2D eigenvalue weighted by Gasteiger charge is 2.53. The van der Waals surface area contributed by atoms with E-state index in [1.807, 2.05) is 25.3 Å². The molecule has 5 nitrogen and oxygen atoms in total. The van der Waals surface area contributed by atoms with E-state index < -0.39 is 0 Å². The number of carbonyl (C=O) groups is 1. The molecule has 1 aliphatic carbocycles. The van der Waals surface area contributed by atoms with E-state index in [9.17, 15) is 4.79 Å². The zero-order valence-electron chi connectivity index (χ0n) is 15.2. The van der Waals surface area contributed by atoms with Gasteiger partial charge in [-0.1, -0.05) is 24.3 Å². The zero-order chi connectivity index (χ0) is 17.4. The number of fused-ring (bicyclic) bond motifs is 2. The van der Waals surface area contributed by atoms with Gasteiger partial charge >= 0.3 is 0 Å². The summed E-state index contributed by atoms with van der Waals surface area (Å²) in [7, 11) is 1.76. The molecule has 0 bridgehead atoms. The third-order valence-electron chi connectivity index (χ3n) is 5.79. The number of benzene rings is 1. The Morgan fingerprint density at radius 3 is 2.65 bits per heavy atom. The molecule has 4 rings (SSSR count). The van der Waals surface area contributed by atoms with Gasteiger partial charge in [0, 0.05) is 18.7 Å². The van der Waals surface area contributed by atoms with Crippen molar-refractivity contribution in [3.8, 4) is 0 Å². The Balaban J connectivity index is 0.00000196. The van der Waals surface area contributed by atoms with Gasteiger partial charge in [-0.3, -0.25) is 4.79 Å². The number of hydrogen-bond acceptors (Lipinski definition) is 3. The highest BCUT2D eigenvalue weighted by atomic mass is 35.5. The van der Waals surface area contributed by atoms with E-state index in [2.05, 4.69) is 33.8 Å². The van der Waals surface area contributed by atoms with Gasteiger partial charge in [0.05, 0.1) is 12.1 Å². The molecule has 1 aliphatic heterocycles. The molecule has 2 heterocycles. The lowest BCUT2D eigenvalue weighted by atomic mass is 9.72. The van der Waals surface area contributed by atoms with Crippen LogP contribution in [0, 0.1) is 6.92 Å². The first kappa shape index (κ1) is 19.0. The fourth-order valence-corrected chi connectivity index (χ4v) is 4.65. The molecule has 1 amide bonds. The topological polar surface area (TPSA) is 66.1 Å². The first-order valence-corrected chi connectivity index (χ1v) is 8.94. The Morgan fingerprint density at radius 1 is 1.27 bits per heavy atom. The number of rotatable bonds is 3. The van der Waals surface area contributed by atoms with Gasteiger partial charge in [-0.15, -0.1) is 12.4 Å². The number of methoxy groups -OCH3 is 1. The van der Waals surface area contributed by atoms with Crippen LogP contribution in [0.25, 0.3) is 0 Å². The summed E-state index contributed by atoms with van der Waals surface area (Å²) in [5.41, 5.74) is 4.13. The average Bonchev–Trinajstić information content (AvgIpc) is 3.17. The minimum absolute atomic E-state index is 0. The fourth-order valence-electron chi connectivity index (χ4n) is 4.65. The predicted octanol–water partition coefficient (Wildman–Crippen LogP) is 2.87. The lowest BCUT2D eigenvalue weighted by molar-refractivity contribution is 0.00392. The first-order valence-electron chi connectivity index (χ1n) is 8.94. The number of piperidine rings is 1. The molecule has 2 aromatic rings. The van der Waals surface area contributed by atoms with Gasteiger partial charge in [-0.25, -0.2) is 0 Å². The molecule has 1 aromatic heterocycles. The maximum absolute atomic E-state index is 12.7. The molecule has 3 N–H and O–H groups in total. The summed E-state index contributed by atoms with van der Waals surface area (Å²) in [6.45, 7) is 3.93. The van der Waals surface area contributed by atoms with E-state index in [-0.39, 0.29) is 35.9 Å². The van der Waals surface area contributed by atoms with Crippen LogP contribution in [0.15, 0.2) is 36.5 Å². The van der Waals surface area contributed by atoms with Crippen LogP contribution in [0.5, 0.6) is 0 Å². The number of aryl methyl sites for hydroxylation is 1. The van der Waals surface area contributed by atoms with Crippen LogP contribution in [0.3, 0.4) is 0 Å². The van der Waals surface area contributed by atoms with Crippen LogP contribution >= 0.6 is 12.4 Å². The SMILES string of the molecule is CO[C@H]1[C@H](NC(=O)c2cc(C)c[nH]2)c2ccccc2C12CCNCC2.Cl. The number of aromatic amines is 1. The van der Waals surface area contributed by atoms with Crippen LogP contribution < -0.4 is 10.6 Å². The number of nitrogens with one attached hydrogen (secondary N) is 3. The molecule has 0 saturated carbocycles. The molecule has 0 radical (unpaired) electrons. The summed E-state index contributed by atoms with van der Waals surface area (Å²) in [5.74, 6) is -0.0825. The molecule has 1 saturated heterocycles. The van der Waals surface area contributed by atoms with Crippen LogP contribution in [-0.2, 0) is 10.2 Å². The number of H-pyrrole nitrogens is 1. The summed E-state index contributed by atoms with van der Waals surface area (Å²) < 4.78 is 5.99. The maximum Gasteiger partial charge on any atom is 0.268 e. The lowest BCUT2D eigenvalue weighted by Gasteiger charge is -2.40. The Bertz CT molecular complexity index is 783. The Morgan fingerprint density at radius 2 is 2.00 bits per heavy atom. The van der Waals surface area contributed by atoms with Gasteiger partial charge in [-0.2, -0.15) is 0 Å². The van der Waals surface area contributed by atoms with E-state index in [4.69, 9.17) is 4.74 Å². The molecule has 6 heteroatoms. The number of carbonyl (C=O) groups excluding carboxylic acids is 1. The highest BCUT2D eigenvalue weighted by molar-refractivity contribution is 5.93. The molecule has 140 valence electrons. The average molecular weight is 376 g/mol. The van der Waals surface area contributed by atoms with Crippen molar-refractivity contribution >= 4 is 18.3 Å². The molecule has 26 heavy (non-hydrogen) atoms. The zero-order valence-corrected chi connectivity index (χ0v) is 16.0. The normalized spacial score (nSPS) is 23.3. The van der Waals surface area contributed by atoms with Gasteiger partial charge in [0.2, 0.25) is 0 Å². The van der Waals surface area contributed by atoms with Crippen molar-refractivity contribution in [2.75, 3.05) is 20.2 Å². The van der Waals surface area contributed by atoms with E-state index in [0.717, 1.165) is 31.5 Å². The van der Waals surface area contributed by atoms with Crippen molar-refractivity contribution in [3.63, 3.8) is 0 Å². The largest absolute Gasteiger partial charge is 0.378 e. The molecule has 2 aliphatic rings. The van der Waals surface area contributed by atoms with Crippen LogP contribution in [0.2, 0.25) is 0 Å².